The van der Waals surface area contributed by atoms with E-state index in [1.165, 1.54) is 0 Å². The molecular weight excluding hydrogens is 718 g/mol. The number of aliphatic hydroxyl groups excluding tert-OH is 2. The number of para-hydroxylation sites is 4. The minimum atomic E-state index is -3.45. The van der Waals surface area contributed by atoms with Gasteiger partial charge >= 0.3 is 0 Å². The van der Waals surface area contributed by atoms with Gasteiger partial charge in [0.2, 0.25) is 0 Å². The summed E-state index contributed by atoms with van der Waals surface area (Å²) in [5, 5.41) is 23.6. The maximum Gasteiger partial charge on any atom is 0.280 e. The Morgan fingerprint density at radius 3 is 1.59 bits per heavy atom. The summed E-state index contributed by atoms with van der Waals surface area (Å²) >= 11 is 0. The molecule has 6 aromatic carbocycles. The van der Waals surface area contributed by atoms with Crippen LogP contribution in [0, 0.1) is 6.92 Å². The Bertz CT molecular complexity index is 2430. The second-order valence-corrected chi connectivity index (χ2v) is 18.5. The van der Waals surface area contributed by atoms with Crippen LogP contribution in [-0.4, -0.2) is 48.0 Å². The fourth-order valence-electron chi connectivity index (χ4n) is 7.30. The van der Waals surface area contributed by atoms with Crippen LogP contribution in [0.25, 0.3) is 22.3 Å². The number of aliphatic hydroxyl groups is 2. The van der Waals surface area contributed by atoms with Gasteiger partial charge in [-0.3, -0.25) is 9.13 Å². The summed E-state index contributed by atoms with van der Waals surface area (Å²) in [4.78, 5) is 0. The molecule has 0 amide bonds. The van der Waals surface area contributed by atoms with Gasteiger partial charge in [-0.25, -0.2) is 0 Å². The van der Waals surface area contributed by atoms with Crippen LogP contribution in [0.5, 0.6) is 23.0 Å². The van der Waals surface area contributed by atoms with Crippen LogP contribution >= 0.6 is 14.7 Å². The summed E-state index contributed by atoms with van der Waals surface area (Å²) in [5.74, 6) is 2.26. The zero-order valence-corrected chi connectivity index (χ0v) is 31.5. The van der Waals surface area contributed by atoms with Crippen LogP contribution in [0.15, 0.2) is 140 Å². The van der Waals surface area contributed by atoms with E-state index < -0.39 is 26.9 Å². The molecule has 0 radical (unpaired) electrons. The average Bonchev–Trinajstić information content (AvgIpc) is 3.17. The van der Waals surface area contributed by atoms with Crippen molar-refractivity contribution in [3.05, 3.63) is 156 Å². The molecule has 0 saturated carbocycles. The van der Waals surface area contributed by atoms with Crippen molar-refractivity contribution in [2.75, 3.05) is 25.5 Å². The van der Waals surface area contributed by atoms with E-state index in [9.17, 15) is 19.3 Å². The van der Waals surface area contributed by atoms with Crippen molar-refractivity contribution in [3.63, 3.8) is 0 Å². The summed E-state index contributed by atoms with van der Waals surface area (Å²) in [6.45, 7) is 1.76. The standard InChI is InChI=1S/C44H40O8P2/c1-30-13-12-15-32(44(30)50-27-34(46)29-54(48)43-24-11-6-19-38(43)36-17-4-9-22-41(36)52-54)25-31-14-2-7-20-39(31)49-26-33(45)28-53(47)42-23-10-5-18-37(42)35-16-3-8-21-40(35)51-53/h2-24,33-34,45-46H,25-29H2,1H3. The topological polar surface area (TPSA) is 112 Å². The molecular formula is C44H40O8P2. The molecule has 0 aliphatic carbocycles. The number of fused-ring (bicyclic) bond motifs is 6. The Balaban J connectivity index is 0.940. The molecule has 0 spiro atoms. The van der Waals surface area contributed by atoms with Crippen LogP contribution in [0.3, 0.4) is 0 Å². The molecule has 274 valence electrons. The minimum absolute atomic E-state index is 0.0882. The van der Waals surface area contributed by atoms with E-state index in [1.54, 1.807) is 24.3 Å². The molecule has 0 bridgehead atoms. The van der Waals surface area contributed by atoms with Crippen LogP contribution in [0.1, 0.15) is 16.7 Å². The normalized spacial score (nSPS) is 19.1. The molecule has 8 nitrogen and oxygen atoms in total. The zero-order valence-electron chi connectivity index (χ0n) is 29.7. The molecule has 2 heterocycles. The maximum atomic E-state index is 14.3. The lowest BCUT2D eigenvalue weighted by atomic mass is 10.0. The molecule has 4 unspecified atom stereocenters. The van der Waals surface area contributed by atoms with Crippen molar-refractivity contribution in [1.29, 1.82) is 0 Å². The SMILES string of the molecule is Cc1cccc(Cc2ccccc2OCC(O)CP2(=O)Oc3ccccc3-c3ccccc32)c1OCC(O)CP1(=O)Oc2ccccc2-c2ccccc21. The van der Waals surface area contributed by atoms with Crippen molar-refractivity contribution in [2.45, 2.75) is 25.6 Å². The zero-order chi connectivity index (χ0) is 37.3. The van der Waals surface area contributed by atoms with Crippen molar-refractivity contribution < 1.29 is 37.9 Å². The third kappa shape index (κ3) is 7.11. The lowest BCUT2D eigenvalue weighted by Gasteiger charge is -2.30. The van der Waals surface area contributed by atoms with Crippen molar-refractivity contribution in [2.24, 2.45) is 0 Å². The van der Waals surface area contributed by atoms with Crippen molar-refractivity contribution in [1.82, 2.24) is 0 Å². The lowest BCUT2D eigenvalue weighted by Crippen LogP contribution is -2.29. The van der Waals surface area contributed by atoms with Gasteiger partial charge in [0.25, 0.3) is 14.7 Å². The number of rotatable bonds is 12. The lowest BCUT2D eigenvalue weighted by molar-refractivity contribution is 0.122. The molecule has 0 fully saturated rings. The highest BCUT2D eigenvalue weighted by Crippen LogP contribution is 2.56. The van der Waals surface area contributed by atoms with Crippen LogP contribution in [0.2, 0.25) is 0 Å². The van der Waals surface area contributed by atoms with E-state index in [-0.39, 0.29) is 25.5 Å². The van der Waals surface area contributed by atoms with Gasteiger partial charge in [0, 0.05) is 17.5 Å². The fraction of sp³-hybridized carbons (Fsp3) is 0.182. The van der Waals surface area contributed by atoms with Gasteiger partial charge in [-0.1, -0.05) is 109 Å². The van der Waals surface area contributed by atoms with Gasteiger partial charge in [0.15, 0.2) is 0 Å². The van der Waals surface area contributed by atoms with Gasteiger partial charge in [-0.2, -0.15) is 0 Å². The maximum absolute atomic E-state index is 14.3. The fourth-order valence-corrected chi connectivity index (χ4v) is 12.1. The monoisotopic (exact) mass is 758 g/mol. The molecule has 10 heteroatoms. The summed E-state index contributed by atoms with van der Waals surface area (Å²) in [6, 6.07) is 43.3. The molecule has 54 heavy (non-hydrogen) atoms. The summed E-state index contributed by atoms with van der Waals surface area (Å²) in [5.41, 5.74) is 6.05. The van der Waals surface area contributed by atoms with Crippen molar-refractivity contribution >= 4 is 25.3 Å². The Kier molecular flexibility index (Phi) is 9.95. The van der Waals surface area contributed by atoms with E-state index in [4.69, 9.17) is 18.5 Å². The number of benzene rings is 6. The molecule has 2 aliphatic rings. The molecule has 4 atom stereocenters. The van der Waals surface area contributed by atoms with Crippen LogP contribution in [-0.2, 0) is 15.6 Å². The molecule has 8 rings (SSSR count). The number of hydrogen-bond acceptors (Lipinski definition) is 8. The third-order valence-electron chi connectivity index (χ3n) is 9.79. The molecule has 6 aromatic rings. The predicted molar refractivity (Wildman–Crippen MR) is 213 cm³/mol. The minimum Gasteiger partial charge on any atom is -0.491 e. The molecule has 2 N–H and O–H groups in total. The Labute approximate surface area is 314 Å². The Hall–Kier alpha value is -5.10. The smallest absolute Gasteiger partial charge is 0.280 e. The highest BCUT2D eigenvalue weighted by atomic mass is 31.2. The Morgan fingerprint density at radius 1 is 0.537 bits per heavy atom. The molecule has 2 aliphatic heterocycles. The number of ether oxygens (including phenoxy) is 2. The highest BCUT2D eigenvalue weighted by Gasteiger charge is 2.39. The summed E-state index contributed by atoms with van der Waals surface area (Å²) in [6.07, 6.45) is -1.90. The first-order valence-electron chi connectivity index (χ1n) is 17.9. The summed E-state index contributed by atoms with van der Waals surface area (Å²) < 4.78 is 53.2. The third-order valence-corrected chi connectivity index (χ3v) is 14.8. The predicted octanol–water partition coefficient (Wildman–Crippen LogP) is 8.39. The van der Waals surface area contributed by atoms with E-state index in [0.29, 0.717) is 40.0 Å². The highest BCUT2D eigenvalue weighted by molar-refractivity contribution is 7.68. The van der Waals surface area contributed by atoms with E-state index in [0.717, 1.165) is 38.9 Å². The van der Waals surface area contributed by atoms with E-state index in [2.05, 4.69) is 0 Å². The largest absolute Gasteiger partial charge is 0.491 e. The molecule has 0 saturated heterocycles. The second kappa shape index (κ2) is 15.0. The van der Waals surface area contributed by atoms with Crippen molar-refractivity contribution in [3.8, 4) is 45.3 Å². The van der Waals surface area contributed by atoms with Gasteiger partial charge in [0.1, 0.15) is 36.2 Å². The molecule has 0 aromatic heterocycles. The number of aryl methyl sites for hydroxylation is 1. The average molecular weight is 759 g/mol. The first-order valence-corrected chi connectivity index (χ1v) is 21.6. The van der Waals surface area contributed by atoms with E-state index >= 15 is 0 Å². The van der Waals surface area contributed by atoms with Gasteiger partial charge < -0.3 is 28.7 Å². The van der Waals surface area contributed by atoms with E-state index in [1.807, 2.05) is 122 Å². The van der Waals surface area contributed by atoms with Gasteiger partial charge in [-0.15, -0.1) is 0 Å². The Morgan fingerprint density at radius 2 is 1.00 bits per heavy atom. The number of hydrogen-bond donors (Lipinski definition) is 2. The quantitative estimate of drug-likeness (QED) is 0.120. The van der Waals surface area contributed by atoms with Gasteiger partial charge in [-0.05, 0) is 65.1 Å². The van der Waals surface area contributed by atoms with Crippen LogP contribution in [0.4, 0.5) is 0 Å². The van der Waals surface area contributed by atoms with Crippen LogP contribution < -0.4 is 29.1 Å². The first kappa shape index (κ1) is 35.9. The first-order chi connectivity index (χ1) is 26.2. The summed E-state index contributed by atoms with van der Waals surface area (Å²) in [7, 11) is -6.90. The van der Waals surface area contributed by atoms with Gasteiger partial charge in [0.05, 0.1) is 35.1 Å². The second-order valence-electron chi connectivity index (χ2n) is 13.7.